The molecule has 2 nitrogen and oxygen atoms in total. The monoisotopic (exact) mass is 330 g/mol. The third kappa shape index (κ3) is 4.92. The van der Waals surface area contributed by atoms with Crippen LogP contribution in [0.15, 0.2) is 42.7 Å². The maximum Gasteiger partial charge on any atom is 0.176 e. The summed E-state index contributed by atoms with van der Waals surface area (Å²) in [7, 11) is 4.40. The second-order valence-electron chi connectivity index (χ2n) is 4.62. The summed E-state index contributed by atoms with van der Waals surface area (Å²) in [5.74, 6) is 0. The number of benzene rings is 1. The largest absolute Gasteiger partial charge is 1.00 e. The quantitative estimate of drug-likeness (QED) is 0.536. The van der Waals surface area contributed by atoms with E-state index in [1.54, 1.807) is 0 Å². The summed E-state index contributed by atoms with van der Waals surface area (Å²) in [6.45, 7) is 2.33. The second-order valence-corrected chi connectivity index (χ2v) is 4.62. The molecular formula is C14H20BrClN2. The minimum atomic E-state index is 0. The molecule has 0 radical (unpaired) electrons. The van der Waals surface area contributed by atoms with Crippen LogP contribution >= 0.6 is 0 Å². The predicted octanol–water partition coefficient (Wildman–Crippen LogP) is -5.33. The first-order valence-corrected chi connectivity index (χ1v) is 5.92. The number of halogens is 2. The van der Waals surface area contributed by atoms with Crippen molar-refractivity contribution >= 4 is 10.8 Å². The first-order chi connectivity index (χ1) is 7.75. The van der Waals surface area contributed by atoms with Gasteiger partial charge in [-0.1, -0.05) is 18.2 Å². The summed E-state index contributed by atoms with van der Waals surface area (Å²) in [5.41, 5.74) is 0. The molecule has 100 valence electrons. The van der Waals surface area contributed by atoms with Crippen molar-refractivity contribution in [2.24, 2.45) is 0 Å². The van der Waals surface area contributed by atoms with Crippen LogP contribution in [0.25, 0.3) is 10.8 Å². The Morgan fingerprint density at radius 2 is 1.72 bits per heavy atom. The molecule has 0 fully saturated rings. The zero-order chi connectivity index (χ0) is 11.4. The van der Waals surface area contributed by atoms with Gasteiger partial charge in [0.25, 0.3) is 0 Å². The van der Waals surface area contributed by atoms with Gasteiger partial charge in [-0.15, -0.1) is 0 Å². The number of fused-ring (bicyclic) bond motifs is 1. The third-order valence-corrected chi connectivity index (χ3v) is 2.84. The van der Waals surface area contributed by atoms with Gasteiger partial charge in [-0.05, 0) is 11.5 Å². The lowest BCUT2D eigenvalue weighted by atomic mass is 10.2. The standard InChI is InChI=1S/C14H19N2.BrH.ClH/c1-15(2)9-5-10-16-11-8-13-6-3-4-7-14(13)12-16;;/h3-4,6-8,11-12H,5,9-10H2,1-2H3;2*1H/q+1;;/p-1. The van der Waals surface area contributed by atoms with Crippen molar-refractivity contribution in [3.05, 3.63) is 42.7 Å². The minimum Gasteiger partial charge on any atom is -1.00 e. The van der Waals surface area contributed by atoms with Crippen molar-refractivity contribution in [3.63, 3.8) is 0 Å². The molecule has 1 heterocycles. The predicted molar refractivity (Wildman–Crippen MR) is 66.4 cm³/mol. The van der Waals surface area contributed by atoms with Crippen LogP contribution < -0.4 is 38.9 Å². The van der Waals surface area contributed by atoms with E-state index in [2.05, 4.69) is 61.4 Å². The minimum absolute atomic E-state index is 0. The van der Waals surface area contributed by atoms with Crippen molar-refractivity contribution in [2.75, 3.05) is 20.6 Å². The molecule has 1 aromatic carbocycles. The number of aromatic nitrogens is 1. The van der Waals surface area contributed by atoms with E-state index in [1.165, 1.54) is 28.6 Å². The van der Waals surface area contributed by atoms with Gasteiger partial charge in [0, 0.05) is 11.5 Å². The number of nitrogens with one attached hydrogen (secondary N) is 1. The Balaban J connectivity index is 0.00000144. The highest BCUT2D eigenvalue weighted by Crippen LogP contribution is 2.09. The Bertz CT molecular complexity index is 474. The summed E-state index contributed by atoms with van der Waals surface area (Å²) >= 11 is 0. The zero-order valence-corrected chi connectivity index (χ0v) is 13.2. The molecule has 0 aliphatic heterocycles. The van der Waals surface area contributed by atoms with Crippen LogP contribution in [0.1, 0.15) is 6.42 Å². The van der Waals surface area contributed by atoms with Gasteiger partial charge in [0.1, 0.15) is 0 Å². The van der Waals surface area contributed by atoms with E-state index in [0.29, 0.717) is 0 Å². The fourth-order valence-corrected chi connectivity index (χ4v) is 1.93. The van der Waals surface area contributed by atoms with Crippen molar-refractivity contribution < 1.29 is 38.9 Å². The van der Waals surface area contributed by atoms with Crippen LogP contribution in [0.2, 0.25) is 0 Å². The van der Waals surface area contributed by atoms with Crippen LogP contribution in [0, 0.1) is 0 Å². The average molecular weight is 332 g/mol. The maximum atomic E-state index is 2.28. The van der Waals surface area contributed by atoms with Crippen molar-refractivity contribution in [1.29, 1.82) is 0 Å². The van der Waals surface area contributed by atoms with Crippen LogP contribution in [0.5, 0.6) is 0 Å². The van der Waals surface area contributed by atoms with E-state index in [0.717, 1.165) is 6.54 Å². The molecule has 18 heavy (non-hydrogen) atoms. The summed E-state index contributed by atoms with van der Waals surface area (Å²) in [4.78, 5) is 1.52. The topological polar surface area (TPSA) is 8.32 Å². The Hall–Kier alpha value is -0.640. The lowest BCUT2D eigenvalue weighted by Gasteiger charge is -2.04. The number of hydrogen-bond donors (Lipinski definition) is 1. The lowest BCUT2D eigenvalue weighted by Crippen LogP contribution is -3.05. The van der Waals surface area contributed by atoms with E-state index in [4.69, 9.17) is 0 Å². The number of nitrogens with zero attached hydrogens (tertiary/aromatic N) is 1. The number of aryl methyl sites for hydroxylation is 1. The van der Waals surface area contributed by atoms with Gasteiger partial charge in [-0.2, -0.15) is 0 Å². The molecule has 0 aliphatic carbocycles. The third-order valence-electron chi connectivity index (χ3n) is 2.84. The van der Waals surface area contributed by atoms with E-state index >= 15 is 0 Å². The fourth-order valence-electron chi connectivity index (χ4n) is 1.93. The molecule has 0 atom stereocenters. The average Bonchev–Trinajstić information content (AvgIpc) is 2.28. The molecular weight excluding hydrogens is 312 g/mol. The second kappa shape index (κ2) is 8.46. The molecule has 0 saturated heterocycles. The Morgan fingerprint density at radius 1 is 1.06 bits per heavy atom. The van der Waals surface area contributed by atoms with Gasteiger partial charge in [0.05, 0.1) is 27.1 Å². The Labute approximate surface area is 126 Å². The Morgan fingerprint density at radius 3 is 2.39 bits per heavy atom. The summed E-state index contributed by atoms with van der Waals surface area (Å²) in [6, 6.07) is 10.7. The number of rotatable bonds is 4. The molecule has 0 unspecified atom stereocenters. The van der Waals surface area contributed by atoms with Gasteiger partial charge in [0.15, 0.2) is 18.9 Å². The zero-order valence-electron chi connectivity index (χ0n) is 10.9. The van der Waals surface area contributed by atoms with Gasteiger partial charge < -0.3 is 34.3 Å². The fraction of sp³-hybridized carbons (Fsp3) is 0.357. The number of quaternary nitrogens is 1. The van der Waals surface area contributed by atoms with Gasteiger partial charge in [-0.3, -0.25) is 0 Å². The van der Waals surface area contributed by atoms with E-state index in [9.17, 15) is 0 Å². The molecule has 0 spiro atoms. The molecule has 4 heteroatoms. The highest BCUT2D eigenvalue weighted by Gasteiger charge is 2.03. The van der Waals surface area contributed by atoms with Gasteiger partial charge >= 0.3 is 0 Å². The Kier molecular flexibility index (Phi) is 8.16. The summed E-state index contributed by atoms with van der Waals surface area (Å²) in [6.07, 6.45) is 5.64. The molecule has 1 N–H and O–H groups in total. The normalized spacial score (nSPS) is 9.94. The SMILES string of the molecule is C[NH+](C)CCC[n+]1ccc2ccccc2c1.[Br-].[Cl-]. The maximum absolute atomic E-state index is 2.28. The van der Waals surface area contributed by atoms with Crippen LogP contribution in [0.4, 0.5) is 0 Å². The smallest absolute Gasteiger partial charge is 0.176 e. The lowest BCUT2D eigenvalue weighted by molar-refractivity contribution is -0.861. The number of hydrogen-bond acceptors (Lipinski definition) is 0. The first kappa shape index (κ1) is 17.4. The van der Waals surface area contributed by atoms with E-state index in [1.807, 2.05) is 0 Å². The molecule has 0 saturated carbocycles. The van der Waals surface area contributed by atoms with Crippen molar-refractivity contribution in [1.82, 2.24) is 0 Å². The molecule has 2 aromatic rings. The molecule has 1 aromatic heterocycles. The van der Waals surface area contributed by atoms with E-state index in [-0.39, 0.29) is 29.4 Å². The first-order valence-electron chi connectivity index (χ1n) is 5.92. The molecule has 2 rings (SSSR count). The highest BCUT2D eigenvalue weighted by atomic mass is 79.9. The van der Waals surface area contributed by atoms with Gasteiger partial charge in [-0.25, -0.2) is 4.57 Å². The number of pyridine rings is 1. The van der Waals surface area contributed by atoms with Crippen LogP contribution in [-0.4, -0.2) is 20.6 Å². The summed E-state index contributed by atoms with van der Waals surface area (Å²) < 4.78 is 2.28. The van der Waals surface area contributed by atoms with Crippen molar-refractivity contribution in [3.8, 4) is 0 Å². The van der Waals surface area contributed by atoms with E-state index < -0.39 is 0 Å². The molecule has 0 aliphatic rings. The van der Waals surface area contributed by atoms with Crippen molar-refractivity contribution in [2.45, 2.75) is 13.0 Å². The highest BCUT2D eigenvalue weighted by molar-refractivity contribution is 5.80. The van der Waals surface area contributed by atoms with Crippen LogP contribution in [-0.2, 0) is 6.54 Å². The summed E-state index contributed by atoms with van der Waals surface area (Å²) in [5, 5.41) is 2.64. The van der Waals surface area contributed by atoms with Crippen LogP contribution in [0.3, 0.4) is 0 Å². The molecule has 0 bridgehead atoms. The van der Waals surface area contributed by atoms with Gasteiger partial charge in [0.2, 0.25) is 0 Å². The molecule has 0 amide bonds.